The minimum absolute atomic E-state index is 0. The number of rotatable bonds is 8. The van der Waals surface area contributed by atoms with Gasteiger partial charge in [-0.3, -0.25) is 14.8 Å². The summed E-state index contributed by atoms with van der Waals surface area (Å²) in [6.45, 7) is 8.41. The van der Waals surface area contributed by atoms with Gasteiger partial charge in [-0.1, -0.05) is 45.0 Å². The average molecular weight is 509 g/mol. The van der Waals surface area contributed by atoms with Crippen molar-refractivity contribution in [3.8, 4) is 0 Å². The number of aliphatic imine (C=N–C) groups is 1. The van der Waals surface area contributed by atoms with Crippen LogP contribution in [0.15, 0.2) is 53.8 Å². The molecule has 1 aromatic carbocycles. The van der Waals surface area contributed by atoms with Crippen molar-refractivity contribution in [1.82, 2.24) is 20.9 Å². The molecule has 2 rings (SSSR count). The molecular weight excluding hydrogens is 477 g/mol. The number of nitrogens with zero attached hydrogens (tertiary/aromatic N) is 2. The monoisotopic (exact) mass is 509 g/mol. The number of carbonyl (C=O) groups excluding carboxylic acids is 1. The summed E-state index contributed by atoms with van der Waals surface area (Å²) in [5.74, 6) is 0.586. The summed E-state index contributed by atoms with van der Waals surface area (Å²) < 4.78 is 0. The van der Waals surface area contributed by atoms with Crippen molar-refractivity contribution in [2.75, 3.05) is 26.7 Å². The van der Waals surface area contributed by atoms with Gasteiger partial charge in [0.25, 0.3) is 5.91 Å². The zero-order chi connectivity index (χ0) is 20.4. The van der Waals surface area contributed by atoms with E-state index in [0.717, 1.165) is 13.0 Å². The van der Waals surface area contributed by atoms with Gasteiger partial charge >= 0.3 is 0 Å². The number of carbonyl (C=O) groups is 1. The Kier molecular flexibility index (Phi) is 10.6. The zero-order valence-corrected chi connectivity index (χ0v) is 20.0. The Bertz CT molecular complexity index is 776. The molecule has 0 bridgehead atoms. The number of halogens is 1. The molecule has 0 spiro atoms. The van der Waals surface area contributed by atoms with Crippen molar-refractivity contribution >= 4 is 35.8 Å². The van der Waals surface area contributed by atoms with Crippen LogP contribution in [0.25, 0.3) is 0 Å². The average Bonchev–Trinajstić information content (AvgIpc) is 2.73. The quantitative estimate of drug-likeness (QED) is 0.221. The molecule has 0 unspecified atom stereocenters. The number of amides is 1. The Hall–Kier alpha value is -2.16. The smallest absolute Gasteiger partial charge is 0.252 e. The molecule has 3 N–H and O–H groups in total. The van der Waals surface area contributed by atoms with Gasteiger partial charge in [-0.2, -0.15) is 0 Å². The Morgan fingerprint density at radius 2 is 1.76 bits per heavy atom. The van der Waals surface area contributed by atoms with Crippen molar-refractivity contribution < 1.29 is 4.79 Å². The van der Waals surface area contributed by atoms with E-state index in [2.05, 4.69) is 71.0 Å². The third-order valence-corrected chi connectivity index (χ3v) is 4.69. The second-order valence-electron chi connectivity index (χ2n) is 7.28. The van der Waals surface area contributed by atoms with E-state index in [9.17, 15) is 4.79 Å². The topological polar surface area (TPSA) is 78.4 Å². The van der Waals surface area contributed by atoms with Crippen molar-refractivity contribution in [3.63, 3.8) is 0 Å². The van der Waals surface area contributed by atoms with Crippen molar-refractivity contribution in [2.24, 2.45) is 4.99 Å². The van der Waals surface area contributed by atoms with Crippen LogP contribution in [0.4, 0.5) is 0 Å². The number of aromatic nitrogens is 1. The second-order valence-corrected chi connectivity index (χ2v) is 7.28. The Balaban J connectivity index is 0.00000420. The molecule has 29 heavy (non-hydrogen) atoms. The number of aryl methyl sites for hydroxylation is 1. The van der Waals surface area contributed by atoms with E-state index in [-0.39, 0.29) is 35.3 Å². The highest BCUT2D eigenvalue weighted by atomic mass is 127. The molecule has 0 atom stereocenters. The van der Waals surface area contributed by atoms with Crippen LogP contribution in [0.5, 0.6) is 0 Å². The molecule has 2 aromatic rings. The van der Waals surface area contributed by atoms with Crippen LogP contribution < -0.4 is 16.0 Å². The summed E-state index contributed by atoms with van der Waals surface area (Å²) in [5.41, 5.74) is 3.16. The number of hydrogen-bond donors (Lipinski definition) is 3. The second kappa shape index (κ2) is 12.4. The molecule has 0 fully saturated rings. The third kappa shape index (κ3) is 8.00. The molecule has 6 nitrogen and oxygen atoms in total. The normalized spacial score (nSPS) is 11.4. The predicted molar refractivity (Wildman–Crippen MR) is 130 cm³/mol. The van der Waals surface area contributed by atoms with Crippen LogP contribution >= 0.6 is 24.0 Å². The van der Waals surface area contributed by atoms with Gasteiger partial charge in [0.15, 0.2) is 5.96 Å². The first-order chi connectivity index (χ1) is 13.5. The standard InChI is InChI=1S/C22H31N5O.HI/c1-5-17-8-10-19(11-9-17)22(2,3)16-27-21(23-4)26-14-13-25-20(28)18-7-6-12-24-15-18;/h6-12,15H,5,13-14,16H2,1-4H3,(H,25,28)(H2,23,26,27);1H. The number of guanidine groups is 1. The van der Waals surface area contributed by atoms with E-state index in [1.165, 1.54) is 11.1 Å². The summed E-state index contributed by atoms with van der Waals surface area (Å²) in [6, 6.07) is 12.3. The van der Waals surface area contributed by atoms with E-state index >= 15 is 0 Å². The van der Waals surface area contributed by atoms with Crippen LogP contribution in [0.1, 0.15) is 42.3 Å². The van der Waals surface area contributed by atoms with Gasteiger partial charge < -0.3 is 16.0 Å². The van der Waals surface area contributed by atoms with E-state index < -0.39 is 0 Å². The van der Waals surface area contributed by atoms with Crippen LogP contribution in [0.2, 0.25) is 0 Å². The van der Waals surface area contributed by atoms with Crippen molar-refractivity contribution in [1.29, 1.82) is 0 Å². The maximum atomic E-state index is 12.0. The third-order valence-electron chi connectivity index (χ3n) is 4.69. The maximum absolute atomic E-state index is 12.0. The molecule has 1 aromatic heterocycles. The van der Waals surface area contributed by atoms with E-state index in [0.29, 0.717) is 24.6 Å². The lowest BCUT2D eigenvalue weighted by atomic mass is 9.84. The molecule has 1 amide bonds. The van der Waals surface area contributed by atoms with E-state index in [1.807, 2.05) is 0 Å². The van der Waals surface area contributed by atoms with Gasteiger partial charge in [0.1, 0.15) is 0 Å². The Morgan fingerprint density at radius 1 is 1.07 bits per heavy atom. The highest BCUT2D eigenvalue weighted by Crippen LogP contribution is 2.22. The molecule has 0 saturated heterocycles. The van der Waals surface area contributed by atoms with Crippen LogP contribution in [0, 0.1) is 0 Å². The molecule has 0 aliphatic rings. The van der Waals surface area contributed by atoms with Gasteiger partial charge in [-0.15, -0.1) is 24.0 Å². The predicted octanol–water partition coefficient (Wildman–Crippen LogP) is 3.13. The Labute approximate surface area is 191 Å². The first-order valence-electron chi connectivity index (χ1n) is 9.68. The fourth-order valence-corrected chi connectivity index (χ4v) is 2.78. The lowest BCUT2D eigenvalue weighted by Crippen LogP contribution is -2.45. The number of nitrogens with one attached hydrogen (secondary N) is 3. The van der Waals surface area contributed by atoms with Gasteiger partial charge in [0, 0.05) is 44.5 Å². The number of hydrogen-bond acceptors (Lipinski definition) is 3. The molecule has 0 radical (unpaired) electrons. The summed E-state index contributed by atoms with van der Waals surface area (Å²) in [6.07, 6.45) is 4.25. The van der Waals surface area contributed by atoms with Crippen LogP contribution in [0.3, 0.4) is 0 Å². The van der Waals surface area contributed by atoms with Gasteiger partial charge in [-0.25, -0.2) is 0 Å². The van der Waals surface area contributed by atoms with Crippen LogP contribution in [-0.2, 0) is 11.8 Å². The Morgan fingerprint density at radius 3 is 2.34 bits per heavy atom. The maximum Gasteiger partial charge on any atom is 0.252 e. The highest BCUT2D eigenvalue weighted by Gasteiger charge is 2.20. The zero-order valence-electron chi connectivity index (χ0n) is 17.7. The minimum Gasteiger partial charge on any atom is -0.356 e. The van der Waals surface area contributed by atoms with Gasteiger partial charge in [-0.05, 0) is 29.7 Å². The highest BCUT2D eigenvalue weighted by molar-refractivity contribution is 14.0. The fourth-order valence-electron chi connectivity index (χ4n) is 2.78. The van der Waals surface area contributed by atoms with E-state index in [4.69, 9.17) is 0 Å². The molecule has 158 valence electrons. The van der Waals surface area contributed by atoms with Gasteiger partial charge in [0.2, 0.25) is 0 Å². The minimum atomic E-state index is -0.130. The molecule has 1 heterocycles. The van der Waals surface area contributed by atoms with Crippen molar-refractivity contribution in [2.45, 2.75) is 32.6 Å². The van der Waals surface area contributed by atoms with Crippen molar-refractivity contribution in [3.05, 3.63) is 65.5 Å². The number of benzene rings is 1. The fraction of sp³-hybridized carbons (Fsp3) is 0.409. The summed E-state index contributed by atoms with van der Waals surface area (Å²) in [4.78, 5) is 20.2. The lowest BCUT2D eigenvalue weighted by molar-refractivity contribution is 0.0954. The van der Waals surface area contributed by atoms with Crippen LogP contribution in [-0.4, -0.2) is 43.5 Å². The first-order valence-corrected chi connectivity index (χ1v) is 9.68. The summed E-state index contributed by atoms with van der Waals surface area (Å²) in [5, 5.41) is 9.46. The lowest BCUT2D eigenvalue weighted by Gasteiger charge is -2.27. The molecule has 0 saturated carbocycles. The molecular formula is C22H32IN5O. The number of pyridine rings is 1. The molecule has 0 aliphatic heterocycles. The summed E-state index contributed by atoms with van der Waals surface area (Å²) in [7, 11) is 1.74. The molecule has 7 heteroatoms. The van der Waals surface area contributed by atoms with Gasteiger partial charge in [0.05, 0.1) is 5.56 Å². The first kappa shape index (κ1) is 24.9. The molecule has 0 aliphatic carbocycles. The summed E-state index contributed by atoms with van der Waals surface area (Å²) >= 11 is 0. The SMILES string of the molecule is CCc1ccc(C(C)(C)CNC(=NC)NCCNC(=O)c2cccnc2)cc1.I. The largest absolute Gasteiger partial charge is 0.356 e. The van der Waals surface area contributed by atoms with E-state index in [1.54, 1.807) is 31.6 Å².